The quantitative estimate of drug-likeness (QED) is 0.267. The summed E-state index contributed by atoms with van der Waals surface area (Å²) >= 11 is 0.758. The minimum absolute atomic E-state index is 0.0217. The minimum Gasteiger partial charge on any atom is -0.457 e. The Morgan fingerprint density at radius 2 is 1.68 bits per heavy atom. The number of rotatable bonds is 7. The maximum absolute atomic E-state index is 17.9. The lowest BCUT2D eigenvalue weighted by molar-refractivity contribution is -0.240. The number of furan rings is 1. The molecule has 6 fully saturated rings. The molecule has 0 spiro atoms. The van der Waals surface area contributed by atoms with Crippen LogP contribution in [-0.2, 0) is 47.5 Å². The number of allylic oxidation sites excluding steroid dienone is 4. The average Bonchev–Trinajstić information content (AvgIpc) is 3.94. The Morgan fingerprint density at radius 3 is 2.42 bits per heavy atom. The summed E-state index contributed by atoms with van der Waals surface area (Å²) in [5.74, 6) is -0.588. The molecule has 1 N–H and O–H groups in total. The van der Waals surface area contributed by atoms with Crippen molar-refractivity contribution in [2.24, 2.45) is 28.6 Å². The molecule has 1 aromatic rings. The molecule has 4 heterocycles. The Hall–Kier alpha value is -3.63. The number of alkyl halides is 2. The second kappa shape index (κ2) is 15.0. The third-order valence-electron chi connectivity index (χ3n) is 13.7. The Bertz CT molecular complexity index is 2040. The van der Waals surface area contributed by atoms with Crippen molar-refractivity contribution >= 4 is 34.8 Å². The number of hydrogen-bond donors (Lipinski definition) is 1. The number of aliphatic hydroxyl groups is 1. The first-order chi connectivity index (χ1) is 28.2. The van der Waals surface area contributed by atoms with E-state index in [0.717, 1.165) is 17.8 Å². The number of carbonyl (C=O) groups is 4. The first-order valence-corrected chi connectivity index (χ1v) is 21.2. The van der Waals surface area contributed by atoms with Crippen LogP contribution in [0.4, 0.5) is 13.6 Å². The van der Waals surface area contributed by atoms with Crippen molar-refractivity contribution in [2.45, 2.75) is 134 Å². The molecule has 3 saturated heterocycles. The van der Waals surface area contributed by atoms with Crippen LogP contribution in [0, 0.1) is 40.4 Å². The van der Waals surface area contributed by atoms with Gasteiger partial charge >= 0.3 is 12.1 Å². The van der Waals surface area contributed by atoms with E-state index in [1.54, 1.807) is 41.5 Å². The first kappa shape index (κ1) is 43.0. The molecule has 3 aliphatic heterocycles. The largest absolute Gasteiger partial charge is 0.509 e. The van der Waals surface area contributed by atoms with Crippen LogP contribution in [0.3, 0.4) is 0 Å². The van der Waals surface area contributed by atoms with Gasteiger partial charge in [-0.05, 0) is 89.7 Å². The van der Waals surface area contributed by atoms with Crippen LogP contribution >= 0.6 is 11.8 Å². The lowest BCUT2D eigenvalue weighted by atomic mass is 9.44. The lowest BCUT2D eigenvalue weighted by Crippen LogP contribution is -2.70. The summed E-state index contributed by atoms with van der Waals surface area (Å²) in [4.78, 5) is 53.1. The van der Waals surface area contributed by atoms with E-state index in [2.05, 4.69) is 11.8 Å². The number of ketones is 1. The molecule has 5 unspecified atom stereocenters. The molecule has 0 radical (unpaired) electrons. The molecule has 0 bridgehead atoms. The maximum atomic E-state index is 17.9. The van der Waals surface area contributed by atoms with E-state index >= 15 is 8.78 Å². The predicted octanol–water partition coefficient (Wildman–Crippen LogP) is 5.55. The molecule has 14 atom stereocenters. The van der Waals surface area contributed by atoms with Crippen LogP contribution in [0.5, 0.6) is 0 Å². The fourth-order valence-corrected chi connectivity index (χ4v) is 12.2. The van der Waals surface area contributed by atoms with E-state index in [0.29, 0.717) is 0 Å². The molecule has 3 saturated carbocycles. The standard InChI is InChI=1S/C43H50F2O14S/c1-22-17-24-25-19-27(44)26-18-23(46)12-13-40(26,6)42(25,45)30(47)20-41(24,7)43(22,58-34(48)28-11-10-15-51-28)36(49)60-16-9-8-14-52-37(50)53-21-29-31-32(56-38(2,3)55-31)33-35(54-29)59-39(4,5)57-33/h10-13,15,18,22,24-25,27,29-33,35,47H,14,16-17,19-21H2,1-7H3/t22-,24+,25+,27+,29?,30+,31?,32?,33?,35?,40+,41+,42+,43+/m1/s1. The van der Waals surface area contributed by atoms with Gasteiger partial charge in [0.25, 0.3) is 0 Å². The highest BCUT2D eigenvalue weighted by Crippen LogP contribution is 2.72. The van der Waals surface area contributed by atoms with E-state index in [9.17, 15) is 24.3 Å². The molecular formula is C43H50F2O14S. The smallest absolute Gasteiger partial charge is 0.457 e. The summed E-state index contributed by atoms with van der Waals surface area (Å²) in [5.41, 5.74) is -7.34. The van der Waals surface area contributed by atoms with Gasteiger partial charge < -0.3 is 47.4 Å². The predicted molar refractivity (Wildman–Crippen MR) is 205 cm³/mol. The van der Waals surface area contributed by atoms with Crippen molar-refractivity contribution in [2.75, 3.05) is 19.0 Å². The zero-order chi connectivity index (χ0) is 43.2. The third kappa shape index (κ3) is 6.76. The molecule has 14 nitrogen and oxygen atoms in total. The zero-order valence-electron chi connectivity index (χ0n) is 34.4. The van der Waals surface area contributed by atoms with E-state index < -0.39 is 117 Å². The number of halogens is 2. The second-order valence-corrected chi connectivity index (χ2v) is 19.0. The summed E-state index contributed by atoms with van der Waals surface area (Å²) in [6.45, 7) is 11.3. The third-order valence-corrected chi connectivity index (χ3v) is 14.6. The number of hydrogen-bond acceptors (Lipinski definition) is 15. The lowest BCUT2D eigenvalue weighted by Gasteiger charge is -2.63. The van der Waals surface area contributed by atoms with Gasteiger partial charge in [-0.15, -0.1) is 0 Å². The van der Waals surface area contributed by atoms with Gasteiger partial charge in [0.05, 0.1) is 18.1 Å². The molecule has 60 heavy (non-hydrogen) atoms. The van der Waals surface area contributed by atoms with E-state index in [1.807, 2.05) is 0 Å². The Labute approximate surface area is 350 Å². The van der Waals surface area contributed by atoms with E-state index in [-0.39, 0.29) is 49.6 Å². The molecule has 7 aliphatic rings. The normalized spacial score (nSPS) is 42.9. The van der Waals surface area contributed by atoms with Crippen LogP contribution in [0.1, 0.15) is 78.3 Å². The van der Waals surface area contributed by atoms with Gasteiger partial charge in [0.2, 0.25) is 10.9 Å². The minimum atomic E-state index is -2.40. The number of esters is 1. The van der Waals surface area contributed by atoms with E-state index in [1.165, 1.54) is 37.5 Å². The van der Waals surface area contributed by atoms with E-state index in [4.69, 9.17) is 42.3 Å². The maximum Gasteiger partial charge on any atom is 0.509 e. The van der Waals surface area contributed by atoms with Gasteiger partial charge in [-0.2, -0.15) is 0 Å². The van der Waals surface area contributed by atoms with Crippen molar-refractivity contribution in [1.29, 1.82) is 0 Å². The van der Waals surface area contributed by atoms with Crippen LogP contribution in [-0.4, -0.2) is 113 Å². The van der Waals surface area contributed by atoms with Crippen LogP contribution in [0.15, 0.2) is 46.6 Å². The van der Waals surface area contributed by atoms with Gasteiger partial charge in [0.15, 0.2) is 41.5 Å². The van der Waals surface area contributed by atoms with Crippen molar-refractivity contribution in [3.8, 4) is 11.8 Å². The monoisotopic (exact) mass is 860 g/mol. The number of carbonyl (C=O) groups excluding carboxylic acids is 4. The number of thioether (sulfide) groups is 1. The molecule has 4 aliphatic carbocycles. The SMILES string of the molecule is C[C@@H]1C[C@H]2[C@@H]3C[C@H](F)C4=CC(=O)C=C[C@]4(C)[C@@]3(F)[C@@H](O)C[C@]2(C)[C@@]1(OC(=O)c1ccco1)C(=O)SCC#CCOC(=O)OCC1OC2OC(C)(C)OC2C2OC(C)(C)OC12. The molecule has 17 heteroatoms. The molecule has 326 valence electrons. The van der Waals surface area contributed by atoms with Gasteiger partial charge in [0.1, 0.15) is 37.2 Å². The first-order valence-electron chi connectivity index (χ1n) is 20.2. The van der Waals surface area contributed by atoms with Crippen LogP contribution < -0.4 is 0 Å². The molecule has 0 aromatic carbocycles. The summed E-state index contributed by atoms with van der Waals surface area (Å²) in [6, 6.07) is 2.88. The van der Waals surface area contributed by atoms with Gasteiger partial charge in [-0.3, -0.25) is 9.59 Å². The van der Waals surface area contributed by atoms with Gasteiger partial charge in [-0.25, -0.2) is 18.4 Å². The molecular weight excluding hydrogens is 811 g/mol. The summed E-state index contributed by atoms with van der Waals surface area (Å²) in [5, 5.41) is 11.3. The highest BCUT2D eigenvalue weighted by Gasteiger charge is 2.78. The fraction of sp³-hybridized carbons (Fsp3) is 0.674. The highest BCUT2D eigenvalue weighted by molar-refractivity contribution is 8.14. The van der Waals surface area contributed by atoms with Crippen molar-refractivity contribution in [3.63, 3.8) is 0 Å². The fourth-order valence-electron chi connectivity index (χ4n) is 11.2. The Morgan fingerprint density at radius 1 is 0.967 bits per heavy atom. The average molecular weight is 861 g/mol. The van der Waals surface area contributed by atoms with Gasteiger partial charge in [-0.1, -0.05) is 43.5 Å². The molecule has 1 aromatic heterocycles. The van der Waals surface area contributed by atoms with Crippen molar-refractivity contribution < 1.29 is 75.4 Å². The molecule has 0 amide bonds. The van der Waals surface area contributed by atoms with Crippen molar-refractivity contribution in [1.82, 2.24) is 0 Å². The van der Waals surface area contributed by atoms with Crippen LogP contribution in [0.25, 0.3) is 0 Å². The van der Waals surface area contributed by atoms with Crippen molar-refractivity contribution in [3.05, 3.63) is 48.0 Å². The summed E-state index contributed by atoms with van der Waals surface area (Å²) < 4.78 is 86.0. The number of aliphatic hydroxyl groups excluding tert-OH is 1. The topological polar surface area (TPSA) is 175 Å². The zero-order valence-corrected chi connectivity index (χ0v) is 35.2. The summed E-state index contributed by atoms with van der Waals surface area (Å²) in [6.07, 6.45) is -3.17. The number of ether oxygens (including phenoxy) is 8. The van der Waals surface area contributed by atoms with Gasteiger partial charge in [0, 0.05) is 22.7 Å². The van der Waals surface area contributed by atoms with Crippen LogP contribution in [0.2, 0.25) is 0 Å². The molecule has 8 rings (SSSR count). The Kier molecular flexibility index (Phi) is 10.8. The second-order valence-electron chi connectivity index (χ2n) is 18.1. The summed E-state index contributed by atoms with van der Waals surface area (Å²) in [7, 11) is 0. The highest BCUT2D eigenvalue weighted by atomic mass is 32.2. The number of fused-ring (bicyclic) bond motifs is 8. The Balaban J connectivity index is 0.939.